The van der Waals surface area contributed by atoms with E-state index in [-0.39, 0.29) is 16.1 Å². The maximum atomic E-state index is 13.1. The molecular weight excluding hydrogens is 442 g/mol. The molecule has 0 aliphatic rings. The molecule has 0 saturated carbocycles. The molecule has 7 nitrogen and oxygen atoms in total. The van der Waals surface area contributed by atoms with Crippen molar-refractivity contribution in [3.05, 3.63) is 57.0 Å². The summed E-state index contributed by atoms with van der Waals surface area (Å²) in [5.74, 6) is -5.33. The number of carbonyl (C=O) groups is 3. The number of anilines is 1. The third-order valence-corrected chi connectivity index (χ3v) is 5.08. The molecule has 0 fully saturated rings. The fraction of sp³-hybridized carbons (Fsp3) is 0.167. The van der Waals surface area contributed by atoms with Gasteiger partial charge in [0.05, 0.1) is 17.8 Å². The maximum Gasteiger partial charge on any atom is 0.322 e. The fourth-order valence-electron chi connectivity index (χ4n) is 2.55. The van der Waals surface area contributed by atoms with Crippen molar-refractivity contribution in [2.75, 3.05) is 19.1 Å². The number of hydrogen-bond donors (Lipinski definition) is 2. The van der Waals surface area contributed by atoms with Gasteiger partial charge in [-0.2, -0.15) is 0 Å². The van der Waals surface area contributed by atoms with Crippen molar-refractivity contribution < 1.29 is 29.3 Å². The number of aliphatic carboxylic acids is 2. The van der Waals surface area contributed by atoms with Crippen LogP contribution in [0.2, 0.25) is 5.02 Å². The summed E-state index contributed by atoms with van der Waals surface area (Å²) >= 11 is 9.19. The standard InChI is InChI=1S/C18H15BrClNO6/c1-21(13-5-3-4-6-14(13)27-2)16(22)10-7-11(19)12(20)8-9(10)15(17(23)24)18(25)26/h3-8,15H,1-2H3,(H,23,24)(H,25,26). The number of carboxylic acid groups (broad SMARTS) is 2. The number of methoxy groups -OCH3 is 1. The Bertz CT molecular complexity index is 903. The molecule has 0 saturated heterocycles. The second-order valence-corrected chi connectivity index (χ2v) is 6.76. The van der Waals surface area contributed by atoms with Gasteiger partial charge < -0.3 is 19.8 Å². The van der Waals surface area contributed by atoms with E-state index in [0.29, 0.717) is 15.9 Å². The SMILES string of the molecule is COc1ccccc1N(C)C(=O)c1cc(Br)c(Cl)cc1C(C(=O)O)C(=O)O. The average molecular weight is 457 g/mol. The molecule has 1 amide bonds. The zero-order valence-corrected chi connectivity index (χ0v) is 16.6. The van der Waals surface area contributed by atoms with E-state index < -0.39 is 23.8 Å². The lowest BCUT2D eigenvalue weighted by molar-refractivity contribution is -0.150. The highest BCUT2D eigenvalue weighted by Crippen LogP contribution is 2.34. The number of carboxylic acids is 2. The summed E-state index contributed by atoms with van der Waals surface area (Å²) < 4.78 is 5.57. The Morgan fingerprint density at radius 1 is 1.15 bits per heavy atom. The van der Waals surface area contributed by atoms with Gasteiger partial charge in [0.15, 0.2) is 5.92 Å². The van der Waals surface area contributed by atoms with Crippen LogP contribution in [0.15, 0.2) is 40.9 Å². The quantitative estimate of drug-likeness (QED) is 0.643. The summed E-state index contributed by atoms with van der Waals surface area (Å²) in [6, 6.07) is 9.22. The van der Waals surface area contributed by atoms with E-state index in [9.17, 15) is 24.6 Å². The highest BCUT2D eigenvalue weighted by Gasteiger charge is 2.33. The van der Waals surface area contributed by atoms with Crippen molar-refractivity contribution in [1.29, 1.82) is 0 Å². The van der Waals surface area contributed by atoms with Gasteiger partial charge in [-0.15, -0.1) is 0 Å². The maximum absolute atomic E-state index is 13.1. The molecule has 0 spiro atoms. The normalized spacial score (nSPS) is 10.6. The fourth-order valence-corrected chi connectivity index (χ4v) is 3.07. The molecule has 2 rings (SSSR count). The van der Waals surface area contributed by atoms with Gasteiger partial charge in [-0.1, -0.05) is 23.7 Å². The number of nitrogens with zero attached hydrogens (tertiary/aromatic N) is 1. The van der Waals surface area contributed by atoms with E-state index in [1.807, 2.05) is 0 Å². The molecule has 0 radical (unpaired) electrons. The summed E-state index contributed by atoms with van der Waals surface area (Å²) in [4.78, 5) is 37.3. The molecule has 0 atom stereocenters. The van der Waals surface area contributed by atoms with Crippen molar-refractivity contribution in [2.24, 2.45) is 0 Å². The van der Waals surface area contributed by atoms with Crippen LogP contribution in [-0.2, 0) is 9.59 Å². The minimum Gasteiger partial charge on any atom is -0.495 e. The van der Waals surface area contributed by atoms with Crippen LogP contribution >= 0.6 is 27.5 Å². The van der Waals surface area contributed by atoms with E-state index in [1.54, 1.807) is 24.3 Å². The van der Waals surface area contributed by atoms with Crippen molar-refractivity contribution in [1.82, 2.24) is 0 Å². The van der Waals surface area contributed by atoms with E-state index in [1.165, 1.54) is 31.2 Å². The number of benzene rings is 2. The van der Waals surface area contributed by atoms with Crippen LogP contribution < -0.4 is 9.64 Å². The minimum absolute atomic E-state index is 0.0917. The van der Waals surface area contributed by atoms with Gasteiger partial charge in [0, 0.05) is 17.1 Å². The molecule has 0 heterocycles. The molecule has 9 heteroatoms. The van der Waals surface area contributed by atoms with Crippen molar-refractivity contribution >= 4 is 51.1 Å². The largest absolute Gasteiger partial charge is 0.495 e. The molecule has 0 aliphatic heterocycles. The van der Waals surface area contributed by atoms with Crippen LogP contribution in [0.4, 0.5) is 5.69 Å². The Kier molecular flexibility index (Phi) is 6.45. The topological polar surface area (TPSA) is 104 Å². The smallest absolute Gasteiger partial charge is 0.322 e. The van der Waals surface area contributed by atoms with Gasteiger partial charge in [0.1, 0.15) is 5.75 Å². The molecule has 0 aliphatic carbocycles. The van der Waals surface area contributed by atoms with Crippen molar-refractivity contribution in [2.45, 2.75) is 5.92 Å². The lowest BCUT2D eigenvalue weighted by atomic mass is 9.93. The van der Waals surface area contributed by atoms with Gasteiger partial charge in [-0.25, -0.2) is 0 Å². The van der Waals surface area contributed by atoms with Crippen LogP contribution in [0.5, 0.6) is 5.75 Å². The second-order valence-electron chi connectivity index (χ2n) is 5.50. The molecule has 142 valence electrons. The summed E-state index contributed by atoms with van der Waals surface area (Å²) in [6.07, 6.45) is 0. The molecule has 2 aromatic carbocycles. The summed E-state index contributed by atoms with van der Waals surface area (Å²) in [7, 11) is 2.93. The summed E-state index contributed by atoms with van der Waals surface area (Å²) in [5.41, 5.74) is 0.119. The predicted octanol–water partition coefficient (Wildman–Crippen LogP) is 3.64. The van der Waals surface area contributed by atoms with E-state index in [4.69, 9.17) is 16.3 Å². The highest BCUT2D eigenvalue weighted by atomic mass is 79.9. The number of ether oxygens (including phenoxy) is 1. The van der Waals surface area contributed by atoms with E-state index in [2.05, 4.69) is 15.9 Å². The molecule has 0 aromatic heterocycles. The first-order chi connectivity index (χ1) is 12.7. The third kappa shape index (κ3) is 4.23. The number of amides is 1. The van der Waals surface area contributed by atoms with Gasteiger partial charge in [0.25, 0.3) is 5.91 Å². The highest BCUT2D eigenvalue weighted by molar-refractivity contribution is 9.10. The number of halogens is 2. The number of carbonyl (C=O) groups excluding carboxylic acids is 1. The average Bonchev–Trinajstić information content (AvgIpc) is 2.62. The Morgan fingerprint density at radius 2 is 1.74 bits per heavy atom. The molecule has 2 N–H and O–H groups in total. The van der Waals surface area contributed by atoms with Crippen molar-refractivity contribution in [3.8, 4) is 5.75 Å². The van der Waals surface area contributed by atoms with Gasteiger partial charge in [-0.3, -0.25) is 14.4 Å². The lowest BCUT2D eigenvalue weighted by Gasteiger charge is -2.22. The number of rotatable bonds is 6. The van der Waals surface area contributed by atoms with Crippen molar-refractivity contribution in [3.63, 3.8) is 0 Å². The summed E-state index contributed by atoms with van der Waals surface area (Å²) in [5, 5.41) is 18.7. The van der Waals surface area contributed by atoms with Crippen LogP contribution in [0.3, 0.4) is 0 Å². The number of hydrogen-bond acceptors (Lipinski definition) is 4. The molecule has 27 heavy (non-hydrogen) atoms. The molecule has 0 unspecified atom stereocenters. The Morgan fingerprint density at radius 3 is 2.30 bits per heavy atom. The molecule has 2 aromatic rings. The Hall–Kier alpha value is -2.58. The first-order valence-corrected chi connectivity index (χ1v) is 8.71. The van der Waals surface area contributed by atoms with Gasteiger partial charge >= 0.3 is 11.9 Å². The Balaban J connectivity index is 2.63. The van der Waals surface area contributed by atoms with Crippen LogP contribution in [0, 0.1) is 0 Å². The first kappa shape index (κ1) is 20.7. The van der Waals surface area contributed by atoms with Crippen LogP contribution in [-0.4, -0.2) is 42.2 Å². The third-order valence-electron chi connectivity index (χ3n) is 3.88. The monoisotopic (exact) mass is 455 g/mol. The van der Waals surface area contributed by atoms with Crippen LogP contribution in [0.1, 0.15) is 21.8 Å². The van der Waals surface area contributed by atoms with E-state index >= 15 is 0 Å². The predicted molar refractivity (Wildman–Crippen MR) is 103 cm³/mol. The zero-order valence-electron chi connectivity index (χ0n) is 14.3. The molecule has 0 bridgehead atoms. The minimum atomic E-state index is -1.94. The first-order valence-electron chi connectivity index (χ1n) is 7.54. The zero-order chi connectivity index (χ0) is 20.3. The second kappa shape index (κ2) is 8.41. The lowest BCUT2D eigenvalue weighted by Crippen LogP contribution is -2.30. The van der Waals surface area contributed by atoms with Gasteiger partial charge in [0.2, 0.25) is 0 Å². The van der Waals surface area contributed by atoms with Gasteiger partial charge in [-0.05, 0) is 45.8 Å². The van der Waals surface area contributed by atoms with Crippen LogP contribution in [0.25, 0.3) is 0 Å². The Labute approximate surface area is 168 Å². The van der Waals surface area contributed by atoms with E-state index in [0.717, 1.165) is 0 Å². The molecular formula is C18H15BrClNO6. The summed E-state index contributed by atoms with van der Waals surface area (Å²) in [6.45, 7) is 0. The number of para-hydroxylation sites is 2.